The Morgan fingerprint density at radius 1 is 1.50 bits per heavy atom. The van der Waals surface area contributed by atoms with E-state index in [0.717, 1.165) is 0 Å². The zero-order chi connectivity index (χ0) is 8.31. The van der Waals surface area contributed by atoms with Crippen molar-refractivity contribution in [2.75, 3.05) is 0 Å². The maximum absolute atomic E-state index is 10.2. The zero-order valence-corrected chi connectivity index (χ0v) is 5.91. The molecule has 0 spiro atoms. The molecule has 0 aliphatic carbocycles. The van der Waals surface area contributed by atoms with Gasteiger partial charge in [0.05, 0.1) is 0 Å². The molecule has 0 saturated heterocycles. The van der Waals surface area contributed by atoms with E-state index in [1.165, 1.54) is 0 Å². The average Bonchev–Trinajstić information content (AvgIpc) is 1.84. The molecular formula is C4H8N2O3S. The van der Waals surface area contributed by atoms with E-state index in [1.54, 1.807) is 0 Å². The third kappa shape index (κ3) is 2.24. The predicted molar refractivity (Wildman–Crippen MR) is 37.6 cm³/mol. The normalized spacial score (nSPS) is 15.8. The molecule has 10 heavy (non-hydrogen) atoms. The van der Waals surface area contributed by atoms with Crippen LogP contribution in [-0.2, 0) is 9.59 Å². The smallest absolute Gasteiger partial charge is 0.322 e. The van der Waals surface area contributed by atoms with Crippen LogP contribution in [0.25, 0.3) is 0 Å². The summed E-state index contributed by atoms with van der Waals surface area (Å²) in [7, 11) is 0. The summed E-state index contributed by atoms with van der Waals surface area (Å²) in [4.78, 5) is 20.3. The Labute approximate surface area is 62.8 Å². The molecule has 0 rings (SSSR count). The molecule has 6 heteroatoms. The minimum Gasteiger partial charge on any atom is -0.480 e. The molecule has 0 aliphatic heterocycles. The molecule has 0 fully saturated rings. The number of carboxylic acids is 1. The molecule has 2 unspecified atom stereocenters. The molecule has 0 aromatic rings. The Bertz CT molecular complexity index is 143. The fourth-order valence-corrected chi connectivity index (χ4v) is 0.440. The number of carbonyl (C=O) groups excluding carboxylic acids is 1. The maximum atomic E-state index is 10.2. The second-order valence-electron chi connectivity index (χ2n) is 1.71. The first kappa shape index (κ1) is 9.25. The van der Waals surface area contributed by atoms with Crippen LogP contribution in [0.1, 0.15) is 0 Å². The number of hydrogen-bond donors (Lipinski definition) is 4. The molecule has 0 bridgehead atoms. The van der Waals surface area contributed by atoms with Gasteiger partial charge in [0.1, 0.15) is 11.3 Å². The largest absolute Gasteiger partial charge is 0.480 e. The van der Waals surface area contributed by atoms with Crippen molar-refractivity contribution in [2.24, 2.45) is 11.5 Å². The van der Waals surface area contributed by atoms with E-state index in [9.17, 15) is 9.59 Å². The van der Waals surface area contributed by atoms with Gasteiger partial charge in [0.25, 0.3) is 0 Å². The first-order valence-electron chi connectivity index (χ1n) is 2.42. The minimum atomic E-state index is -1.33. The summed E-state index contributed by atoms with van der Waals surface area (Å²) >= 11 is 3.58. The van der Waals surface area contributed by atoms with Crippen LogP contribution >= 0.6 is 12.6 Å². The predicted octanol–water partition coefficient (Wildman–Crippen LogP) is -1.82. The van der Waals surface area contributed by atoms with Crippen LogP contribution in [0.5, 0.6) is 0 Å². The maximum Gasteiger partial charge on any atom is 0.322 e. The van der Waals surface area contributed by atoms with Gasteiger partial charge in [0.15, 0.2) is 0 Å². The highest BCUT2D eigenvalue weighted by Gasteiger charge is 2.24. The monoisotopic (exact) mass is 164 g/mol. The van der Waals surface area contributed by atoms with Gasteiger partial charge in [-0.3, -0.25) is 9.59 Å². The van der Waals surface area contributed by atoms with Gasteiger partial charge in [-0.15, -0.1) is 0 Å². The number of nitrogens with two attached hydrogens (primary N) is 2. The fourth-order valence-electron chi connectivity index (χ4n) is 0.312. The SMILES string of the molecule is NC(=O)C(S)C(N)C(=O)O. The average molecular weight is 164 g/mol. The highest BCUT2D eigenvalue weighted by atomic mass is 32.1. The van der Waals surface area contributed by atoms with Gasteiger partial charge in [0.2, 0.25) is 5.91 Å². The van der Waals surface area contributed by atoms with Gasteiger partial charge in [-0.25, -0.2) is 0 Å². The van der Waals surface area contributed by atoms with Crippen LogP contribution in [0.4, 0.5) is 0 Å². The van der Waals surface area contributed by atoms with Gasteiger partial charge >= 0.3 is 5.97 Å². The van der Waals surface area contributed by atoms with Gasteiger partial charge in [0, 0.05) is 0 Å². The summed E-state index contributed by atoms with van der Waals surface area (Å²) in [5, 5.41) is 7.09. The highest BCUT2D eigenvalue weighted by molar-refractivity contribution is 7.82. The lowest BCUT2D eigenvalue weighted by molar-refractivity contribution is -0.139. The van der Waals surface area contributed by atoms with Crippen LogP contribution in [0.15, 0.2) is 0 Å². The number of primary amides is 1. The molecule has 1 amide bonds. The number of rotatable bonds is 3. The quantitative estimate of drug-likeness (QED) is 0.368. The van der Waals surface area contributed by atoms with E-state index in [1.807, 2.05) is 0 Å². The molecule has 58 valence electrons. The number of amides is 1. The van der Waals surface area contributed by atoms with E-state index in [0.29, 0.717) is 0 Å². The van der Waals surface area contributed by atoms with Gasteiger partial charge in [-0.05, 0) is 0 Å². The van der Waals surface area contributed by atoms with Gasteiger partial charge < -0.3 is 16.6 Å². The summed E-state index contributed by atoms with van der Waals surface area (Å²) in [5.74, 6) is -2.13. The summed E-state index contributed by atoms with van der Waals surface area (Å²) in [6, 6.07) is -1.33. The minimum absolute atomic E-state index is 0.835. The topological polar surface area (TPSA) is 106 Å². The van der Waals surface area contributed by atoms with Crippen LogP contribution in [0, 0.1) is 0 Å². The van der Waals surface area contributed by atoms with Gasteiger partial charge in [-0.1, -0.05) is 0 Å². The summed E-state index contributed by atoms with van der Waals surface area (Å²) in [6.45, 7) is 0. The third-order valence-corrected chi connectivity index (χ3v) is 1.49. The van der Waals surface area contributed by atoms with Gasteiger partial charge in [-0.2, -0.15) is 12.6 Å². The Balaban J connectivity index is 4.07. The number of aliphatic carboxylic acids is 1. The van der Waals surface area contributed by atoms with Crippen molar-refractivity contribution in [1.29, 1.82) is 0 Å². The number of carbonyl (C=O) groups is 2. The first-order chi connectivity index (χ1) is 4.46. The van der Waals surface area contributed by atoms with E-state index in [-0.39, 0.29) is 0 Å². The van der Waals surface area contributed by atoms with Crippen molar-refractivity contribution in [1.82, 2.24) is 0 Å². The van der Waals surface area contributed by atoms with E-state index >= 15 is 0 Å². The third-order valence-electron chi connectivity index (χ3n) is 0.917. The molecule has 2 atom stereocenters. The fraction of sp³-hybridized carbons (Fsp3) is 0.500. The lowest BCUT2D eigenvalue weighted by atomic mass is 10.2. The van der Waals surface area contributed by atoms with Crippen molar-refractivity contribution >= 4 is 24.5 Å². The Morgan fingerprint density at radius 3 is 2.00 bits per heavy atom. The highest BCUT2D eigenvalue weighted by Crippen LogP contribution is 1.98. The molecule has 0 radical (unpaired) electrons. The second-order valence-corrected chi connectivity index (χ2v) is 2.27. The molecular weight excluding hydrogens is 156 g/mol. The van der Waals surface area contributed by atoms with Crippen molar-refractivity contribution in [3.63, 3.8) is 0 Å². The van der Waals surface area contributed by atoms with Crippen molar-refractivity contribution in [3.8, 4) is 0 Å². The van der Waals surface area contributed by atoms with Crippen LogP contribution in [0.2, 0.25) is 0 Å². The molecule has 0 aromatic heterocycles. The molecule has 5 nitrogen and oxygen atoms in total. The molecule has 0 saturated carbocycles. The van der Waals surface area contributed by atoms with Crippen molar-refractivity contribution in [2.45, 2.75) is 11.3 Å². The molecule has 5 N–H and O–H groups in total. The Kier molecular flexibility index (Phi) is 3.17. The number of carboxylic acid groups (broad SMARTS) is 1. The summed E-state index contributed by atoms with van der Waals surface area (Å²) in [6.07, 6.45) is 0. The van der Waals surface area contributed by atoms with Crippen molar-refractivity contribution in [3.05, 3.63) is 0 Å². The lowest BCUT2D eigenvalue weighted by Gasteiger charge is -2.09. The number of thiol groups is 1. The molecule has 0 aromatic carbocycles. The lowest BCUT2D eigenvalue weighted by Crippen LogP contribution is -2.45. The Hall–Kier alpha value is -0.750. The number of hydrogen-bond acceptors (Lipinski definition) is 4. The van der Waals surface area contributed by atoms with Crippen LogP contribution in [0.3, 0.4) is 0 Å². The summed E-state index contributed by atoms with van der Waals surface area (Å²) in [5.41, 5.74) is 9.70. The van der Waals surface area contributed by atoms with E-state index in [2.05, 4.69) is 12.6 Å². The standard InChI is InChI=1S/C4H8N2O3S/c5-1(4(8)9)2(10)3(6)7/h1-2,10H,5H2,(H2,6,7)(H,8,9). The second kappa shape index (κ2) is 3.43. The van der Waals surface area contributed by atoms with E-state index < -0.39 is 23.2 Å². The first-order valence-corrected chi connectivity index (χ1v) is 2.94. The van der Waals surface area contributed by atoms with Crippen molar-refractivity contribution < 1.29 is 14.7 Å². The summed E-state index contributed by atoms with van der Waals surface area (Å²) < 4.78 is 0. The van der Waals surface area contributed by atoms with Crippen LogP contribution < -0.4 is 11.5 Å². The molecule has 0 aliphatic rings. The molecule has 0 heterocycles. The Morgan fingerprint density at radius 2 is 1.90 bits per heavy atom. The van der Waals surface area contributed by atoms with E-state index in [4.69, 9.17) is 16.6 Å². The zero-order valence-electron chi connectivity index (χ0n) is 5.02. The van der Waals surface area contributed by atoms with Crippen LogP contribution in [-0.4, -0.2) is 28.3 Å².